The first-order valence-electron chi connectivity index (χ1n) is 8.09. The monoisotopic (exact) mass is 434 g/mol. The number of aromatic nitrogens is 2. The fourth-order valence-corrected chi connectivity index (χ4v) is 5.17. The lowest BCUT2D eigenvalue weighted by molar-refractivity contribution is -0.191. The van der Waals surface area contributed by atoms with Crippen molar-refractivity contribution in [2.75, 3.05) is 59.0 Å². The second-order valence-electron chi connectivity index (χ2n) is 6.07. The third kappa shape index (κ3) is 5.47. The number of rotatable bonds is 3. The molecule has 2 fully saturated rings. The molecule has 3 rings (SSSR count). The fraction of sp³-hybridized carbons (Fsp3) is 0.571. The largest absolute Gasteiger partial charge is 0.476 e. The second-order valence-corrected chi connectivity index (χ2v) is 10.7. The summed E-state index contributed by atoms with van der Waals surface area (Å²) in [5.74, 6) is -0.955. The molecule has 0 amide bonds. The molecule has 0 unspecified atom stereocenters. The summed E-state index contributed by atoms with van der Waals surface area (Å²) in [4.78, 5) is 39.4. The lowest BCUT2D eigenvalue weighted by Gasteiger charge is -2.30. The van der Waals surface area contributed by atoms with Crippen LogP contribution in [0.5, 0.6) is 0 Å². The highest BCUT2D eigenvalue weighted by Crippen LogP contribution is 2.22. The SMILES string of the molecule is O=C(O)c1nc(N2CCS(=O)(=O)CC2)cnc1N1CCS(=O)(=O)CC1.O=C=O. The fourth-order valence-electron chi connectivity index (χ4n) is 2.77. The minimum Gasteiger partial charge on any atom is -0.476 e. The number of hydrogen-bond acceptors (Lipinski definition) is 11. The molecule has 0 saturated carbocycles. The quantitative estimate of drug-likeness (QED) is 0.558. The molecular formula is C14H18N4O8S2. The molecule has 1 N–H and O–H groups in total. The summed E-state index contributed by atoms with van der Waals surface area (Å²) in [5, 5.41) is 9.44. The van der Waals surface area contributed by atoms with Gasteiger partial charge in [0, 0.05) is 26.2 Å². The van der Waals surface area contributed by atoms with Crippen molar-refractivity contribution in [1.82, 2.24) is 9.97 Å². The Kier molecular flexibility index (Phi) is 6.69. The van der Waals surface area contributed by atoms with Gasteiger partial charge in [-0.05, 0) is 0 Å². The van der Waals surface area contributed by atoms with Crippen LogP contribution in [0.15, 0.2) is 6.20 Å². The first-order chi connectivity index (χ1) is 13.1. The van der Waals surface area contributed by atoms with Gasteiger partial charge in [0.05, 0.1) is 29.2 Å². The molecule has 14 heteroatoms. The van der Waals surface area contributed by atoms with Crippen LogP contribution < -0.4 is 9.80 Å². The van der Waals surface area contributed by atoms with Crippen molar-refractivity contribution in [1.29, 1.82) is 0 Å². The Balaban J connectivity index is 0.000000878. The van der Waals surface area contributed by atoms with Gasteiger partial charge in [-0.1, -0.05) is 0 Å². The molecule has 0 radical (unpaired) electrons. The third-order valence-electron chi connectivity index (χ3n) is 4.26. The van der Waals surface area contributed by atoms with E-state index in [1.54, 1.807) is 9.80 Å². The van der Waals surface area contributed by atoms with Gasteiger partial charge in [-0.2, -0.15) is 9.59 Å². The van der Waals surface area contributed by atoms with E-state index in [2.05, 4.69) is 9.97 Å². The van der Waals surface area contributed by atoms with E-state index in [-0.39, 0.29) is 66.9 Å². The Morgan fingerprint density at radius 1 is 0.929 bits per heavy atom. The molecule has 0 aromatic carbocycles. The Hall–Kier alpha value is -2.57. The molecule has 1 aromatic heterocycles. The van der Waals surface area contributed by atoms with Crippen LogP contribution in [0.3, 0.4) is 0 Å². The Morgan fingerprint density at radius 2 is 1.36 bits per heavy atom. The predicted octanol–water partition coefficient (Wildman–Crippen LogP) is -1.94. The molecule has 3 heterocycles. The average Bonchev–Trinajstić information content (AvgIpc) is 2.62. The smallest absolute Gasteiger partial charge is 0.373 e. The van der Waals surface area contributed by atoms with Gasteiger partial charge in [0.2, 0.25) is 0 Å². The third-order valence-corrected chi connectivity index (χ3v) is 7.47. The van der Waals surface area contributed by atoms with Gasteiger partial charge in [-0.15, -0.1) is 0 Å². The van der Waals surface area contributed by atoms with E-state index < -0.39 is 25.6 Å². The first kappa shape index (κ1) is 21.7. The van der Waals surface area contributed by atoms with E-state index in [4.69, 9.17) is 9.59 Å². The summed E-state index contributed by atoms with van der Waals surface area (Å²) >= 11 is 0. The molecule has 2 saturated heterocycles. The maximum Gasteiger partial charge on any atom is 0.373 e. The van der Waals surface area contributed by atoms with Gasteiger partial charge < -0.3 is 14.9 Å². The predicted molar refractivity (Wildman–Crippen MR) is 95.7 cm³/mol. The van der Waals surface area contributed by atoms with Crippen LogP contribution in [0, 0.1) is 0 Å². The second kappa shape index (κ2) is 8.63. The molecule has 12 nitrogen and oxygen atoms in total. The molecule has 0 spiro atoms. The molecule has 0 bridgehead atoms. The van der Waals surface area contributed by atoms with Crippen LogP contribution in [0.4, 0.5) is 11.6 Å². The molecule has 2 aliphatic heterocycles. The number of hydrogen-bond donors (Lipinski definition) is 1. The summed E-state index contributed by atoms with van der Waals surface area (Å²) in [5.41, 5.74) is -0.259. The number of sulfone groups is 2. The van der Waals surface area contributed by atoms with Gasteiger partial charge in [0.1, 0.15) is 5.82 Å². The summed E-state index contributed by atoms with van der Waals surface area (Å²) in [6.45, 7) is 0.798. The normalized spacial score (nSPS) is 20.4. The Morgan fingerprint density at radius 3 is 1.79 bits per heavy atom. The highest BCUT2D eigenvalue weighted by atomic mass is 32.2. The van der Waals surface area contributed by atoms with Crippen molar-refractivity contribution in [3.63, 3.8) is 0 Å². The van der Waals surface area contributed by atoms with Crippen molar-refractivity contribution >= 4 is 43.4 Å². The summed E-state index contributed by atoms with van der Waals surface area (Å²) in [6, 6.07) is 0. The van der Waals surface area contributed by atoms with Gasteiger partial charge >= 0.3 is 12.1 Å². The van der Waals surface area contributed by atoms with Crippen molar-refractivity contribution in [2.24, 2.45) is 0 Å². The lowest BCUT2D eigenvalue weighted by atomic mass is 10.3. The molecule has 154 valence electrons. The van der Waals surface area contributed by atoms with Crippen LogP contribution in [0.2, 0.25) is 0 Å². The maximum atomic E-state index is 11.6. The van der Waals surface area contributed by atoms with Crippen molar-refractivity contribution in [3.05, 3.63) is 11.9 Å². The number of aromatic carboxylic acids is 1. The standard InChI is InChI=1S/C13H18N4O6S2.CO2/c18-13(19)11-12(17-3-7-25(22,23)8-4-17)14-9-10(15-11)16-1-5-24(20,21)6-2-16;2-1-3/h9H,1-8H2,(H,18,19);. The number of carbonyl (C=O) groups is 1. The maximum absolute atomic E-state index is 11.6. The molecular weight excluding hydrogens is 416 g/mol. The lowest BCUT2D eigenvalue weighted by Crippen LogP contribution is -2.42. The van der Waals surface area contributed by atoms with Crippen LogP contribution in [0.25, 0.3) is 0 Å². The van der Waals surface area contributed by atoms with Crippen LogP contribution >= 0.6 is 0 Å². The van der Waals surface area contributed by atoms with Gasteiger partial charge in [0.25, 0.3) is 0 Å². The van der Waals surface area contributed by atoms with E-state index >= 15 is 0 Å². The number of anilines is 2. The van der Waals surface area contributed by atoms with Crippen LogP contribution in [0.1, 0.15) is 10.5 Å². The zero-order valence-electron chi connectivity index (χ0n) is 14.6. The van der Waals surface area contributed by atoms with Crippen molar-refractivity contribution < 1.29 is 36.3 Å². The molecule has 2 aliphatic rings. The highest BCUT2D eigenvalue weighted by molar-refractivity contribution is 7.91. The van der Waals surface area contributed by atoms with Crippen molar-refractivity contribution in [3.8, 4) is 0 Å². The minimum absolute atomic E-state index is 0.0111. The number of carbonyl (C=O) groups excluding carboxylic acids is 2. The van der Waals surface area contributed by atoms with E-state index in [9.17, 15) is 26.7 Å². The summed E-state index contributed by atoms with van der Waals surface area (Å²) in [6.07, 6.45) is 1.66. The van der Waals surface area contributed by atoms with Gasteiger partial charge in [-0.3, -0.25) is 0 Å². The molecule has 1 aromatic rings. The Labute approximate surface area is 161 Å². The van der Waals surface area contributed by atoms with Gasteiger partial charge in [0.15, 0.2) is 31.2 Å². The average molecular weight is 434 g/mol. The van der Waals surface area contributed by atoms with E-state index in [1.807, 2.05) is 0 Å². The number of nitrogens with zero attached hydrogens (tertiary/aromatic N) is 4. The van der Waals surface area contributed by atoms with E-state index in [0.29, 0.717) is 5.82 Å². The molecule has 28 heavy (non-hydrogen) atoms. The Bertz CT molecular complexity index is 959. The zero-order valence-corrected chi connectivity index (χ0v) is 16.3. The van der Waals surface area contributed by atoms with Crippen LogP contribution in [-0.4, -0.2) is 93.2 Å². The molecule has 0 atom stereocenters. The number of carboxylic acid groups (broad SMARTS) is 1. The minimum atomic E-state index is -3.10. The van der Waals surface area contributed by atoms with Crippen LogP contribution in [-0.2, 0) is 29.3 Å². The van der Waals surface area contributed by atoms with Crippen molar-refractivity contribution in [2.45, 2.75) is 0 Å². The molecule has 0 aliphatic carbocycles. The topological polar surface area (TPSA) is 172 Å². The first-order valence-corrected chi connectivity index (χ1v) is 11.7. The highest BCUT2D eigenvalue weighted by Gasteiger charge is 2.29. The summed E-state index contributed by atoms with van der Waals surface area (Å²) in [7, 11) is -6.15. The van der Waals surface area contributed by atoms with E-state index in [1.165, 1.54) is 6.20 Å². The van der Waals surface area contributed by atoms with E-state index in [0.717, 1.165) is 0 Å². The zero-order chi connectivity index (χ0) is 20.9. The number of carboxylic acids is 1. The van der Waals surface area contributed by atoms with Gasteiger partial charge in [-0.25, -0.2) is 31.6 Å². The summed E-state index contributed by atoms with van der Waals surface area (Å²) < 4.78 is 46.1.